The van der Waals surface area contributed by atoms with Crippen LogP contribution in [0.1, 0.15) is 21.5 Å². The van der Waals surface area contributed by atoms with Gasteiger partial charge in [0.05, 0.1) is 10.2 Å². The molecule has 3 aromatic rings. The van der Waals surface area contributed by atoms with E-state index in [-0.39, 0.29) is 18.3 Å². The van der Waals surface area contributed by atoms with Gasteiger partial charge < -0.3 is 4.90 Å². The number of amides is 1. The van der Waals surface area contributed by atoms with Gasteiger partial charge in [-0.3, -0.25) is 9.69 Å². The molecule has 0 aliphatic carbocycles. The molecule has 27 heavy (non-hydrogen) atoms. The summed E-state index contributed by atoms with van der Waals surface area (Å²) in [5, 5.41) is 0.740. The van der Waals surface area contributed by atoms with Crippen molar-refractivity contribution in [2.45, 2.75) is 13.8 Å². The SMILES string of the molecule is Cc1cc(C)cc(C(=O)N(CCN(C)C)c2nc3ccc(Br)cc3s2)c1.Cl. The van der Waals surface area contributed by atoms with E-state index in [1.807, 2.05) is 58.3 Å². The van der Waals surface area contributed by atoms with Gasteiger partial charge in [-0.25, -0.2) is 4.98 Å². The maximum atomic E-state index is 13.3. The zero-order chi connectivity index (χ0) is 18.8. The molecule has 3 rings (SSSR count). The minimum absolute atomic E-state index is 0. The van der Waals surface area contributed by atoms with Crippen molar-refractivity contribution in [3.8, 4) is 0 Å². The number of fused-ring (bicyclic) bond motifs is 1. The summed E-state index contributed by atoms with van der Waals surface area (Å²) in [6.07, 6.45) is 0. The van der Waals surface area contributed by atoms with Gasteiger partial charge in [0.1, 0.15) is 0 Å². The van der Waals surface area contributed by atoms with E-state index in [2.05, 4.69) is 26.9 Å². The average Bonchev–Trinajstić information content (AvgIpc) is 2.96. The van der Waals surface area contributed by atoms with Crippen molar-refractivity contribution in [1.29, 1.82) is 0 Å². The Morgan fingerprint density at radius 2 is 1.74 bits per heavy atom. The number of hydrogen-bond donors (Lipinski definition) is 0. The van der Waals surface area contributed by atoms with Crippen LogP contribution in [0.2, 0.25) is 0 Å². The number of anilines is 1. The molecule has 1 aromatic heterocycles. The molecule has 7 heteroatoms. The van der Waals surface area contributed by atoms with Crippen LogP contribution < -0.4 is 4.90 Å². The fourth-order valence-electron chi connectivity index (χ4n) is 2.84. The van der Waals surface area contributed by atoms with Crippen LogP contribution in [0.4, 0.5) is 5.13 Å². The minimum Gasteiger partial charge on any atom is -0.308 e. The van der Waals surface area contributed by atoms with E-state index < -0.39 is 0 Å². The van der Waals surface area contributed by atoms with Crippen LogP contribution >= 0.6 is 39.7 Å². The summed E-state index contributed by atoms with van der Waals surface area (Å²) in [4.78, 5) is 21.9. The minimum atomic E-state index is -0.00299. The fourth-order valence-corrected chi connectivity index (χ4v) is 4.38. The number of thiazole rings is 1. The van der Waals surface area contributed by atoms with Gasteiger partial charge in [-0.05, 0) is 58.3 Å². The third-order valence-electron chi connectivity index (χ3n) is 4.05. The molecule has 0 atom stereocenters. The van der Waals surface area contributed by atoms with Crippen molar-refractivity contribution in [3.63, 3.8) is 0 Å². The largest absolute Gasteiger partial charge is 0.308 e. The standard InChI is InChI=1S/C20H22BrN3OS.ClH/c1-13-9-14(2)11-15(10-13)19(25)24(8-7-23(3)4)20-22-17-6-5-16(21)12-18(17)26-20;/h5-6,9-12H,7-8H2,1-4H3;1H. The average molecular weight is 469 g/mol. The molecule has 0 radical (unpaired) electrons. The van der Waals surface area contributed by atoms with Crippen LogP contribution in [0.15, 0.2) is 40.9 Å². The predicted octanol–water partition coefficient (Wildman–Crippen LogP) is 5.31. The molecule has 144 valence electrons. The van der Waals surface area contributed by atoms with Crippen LogP contribution in [0.3, 0.4) is 0 Å². The molecule has 0 bridgehead atoms. The quantitative estimate of drug-likeness (QED) is 0.509. The van der Waals surface area contributed by atoms with Crippen molar-refractivity contribution < 1.29 is 4.79 Å². The predicted molar refractivity (Wildman–Crippen MR) is 121 cm³/mol. The van der Waals surface area contributed by atoms with Crippen LogP contribution in [0.5, 0.6) is 0 Å². The second-order valence-corrected chi connectivity index (χ2v) is 8.67. The monoisotopic (exact) mass is 467 g/mol. The normalized spacial score (nSPS) is 10.9. The first-order valence-corrected chi connectivity index (χ1v) is 10.1. The van der Waals surface area contributed by atoms with Gasteiger partial charge in [-0.15, -0.1) is 12.4 Å². The van der Waals surface area contributed by atoms with Gasteiger partial charge >= 0.3 is 0 Å². The molecular weight excluding hydrogens is 446 g/mol. The highest BCUT2D eigenvalue weighted by Crippen LogP contribution is 2.31. The number of aryl methyl sites for hydroxylation is 2. The van der Waals surface area contributed by atoms with E-state index in [0.717, 1.165) is 37.5 Å². The number of likely N-dealkylation sites (N-methyl/N-ethyl adjacent to an activating group) is 1. The Balaban J connectivity index is 0.00000261. The molecular formula is C20H23BrClN3OS. The number of hydrogen-bond acceptors (Lipinski definition) is 4. The number of rotatable bonds is 5. The lowest BCUT2D eigenvalue weighted by atomic mass is 10.1. The molecule has 0 aliphatic rings. The summed E-state index contributed by atoms with van der Waals surface area (Å²) in [6, 6.07) is 12.0. The Morgan fingerprint density at radius 3 is 2.37 bits per heavy atom. The Hall–Kier alpha value is -1.47. The van der Waals surface area contributed by atoms with Crippen molar-refractivity contribution in [2.75, 3.05) is 32.1 Å². The highest BCUT2D eigenvalue weighted by Gasteiger charge is 2.22. The molecule has 0 spiro atoms. The van der Waals surface area contributed by atoms with E-state index >= 15 is 0 Å². The molecule has 0 unspecified atom stereocenters. The van der Waals surface area contributed by atoms with Gasteiger partial charge in [0.25, 0.3) is 5.91 Å². The molecule has 1 amide bonds. The summed E-state index contributed by atoms with van der Waals surface area (Å²) in [5.74, 6) is -0.00299. The smallest absolute Gasteiger partial charge is 0.260 e. The number of carbonyl (C=O) groups excluding carboxylic acids is 1. The summed E-state index contributed by atoms with van der Waals surface area (Å²) in [7, 11) is 4.02. The van der Waals surface area contributed by atoms with Gasteiger partial charge in [0, 0.05) is 23.1 Å². The third-order valence-corrected chi connectivity index (χ3v) is 5.59. The third kappa shape index (κ3) is 5.29. The molecule has 0 saturated carbocycles. The first kappa shape index (κ1) is 21.8. The number of halogens is 2. The van der Waals surface area contributed by atoms with Crippen LogP contribution in [-0.4, -0.2) is 43.0 Å². The Labute approximate surface area is 178 Å². The van der Waals surface area contributed by atoms with Crippen molar-refractivity contribution in [2.24, 2.45) is 0 Å². The summed E-state index contributed by atoms with van der Waals surface area (Å²) in [6.45, 7) is 5.41. The molecule has 1 heterocycles. The van der Waals surface area contributed by atoms with Gasteiger partial charge in [-0.2, -0.15) is 0 Å². The zero-order valence-corrected chi connectivity index (χ0v) is 19.0. The van der Waals surface area contributed by atoms with E-state index in [4.69, 9.17) is 4.98 Å². The Bertz CT molecular complexity index is 937. The summed E-state index contributed by atoms with van der Waals surface area (Å²) < 4.78 is 2.08. The Kier molecular flexibility index (Phi) is 7.40. The summed E-state index contributed by atoms with van der Waals surface area (Å²) in [5.41, 5.74) is 3.81. The summed E-state index contributed by atoms with van der Waals surface area (Å²) >= 11 is 5.05. The van der Waals surface area contributed by atoms with E-state index in [9.17, 15) is 4.79 Å². The number of aromatic nitrogens is 1. The number of benzene rings is 2. The van der Waals surface area contributed by atoms with Crippen LogP contribution in [0, 0.1) is 13.8 Å². The van der Waals surface area contributed by atoms with Gasteiger partial charge in [-0.1, -0.05) is 44.5 Å². The van der Waals surface area contributed by atoms with E-state index in [1.54, 1.807) is 16.2 Å². The molecule has 0 saturated heterocycles. The molecule has 4 nitrogen and oxygen atoms in total. The van der Waals surface area contributed by atoms with Crippen molar-refractivity contribution >= 4 is 60.9 Å². The lowest BCUT2D eigenvalue weighted by Gasteiger charge is -2.22. The molecule has 0 N–H and O–H groups in total. The second kappa shape index (κ2) is 9.15. The molecule has 0 aliphatic heterocycles. The first-order chi connectivity index (χ1) is 12.3. The van der Waals surface area contributed by atoms with Crippen LogP contribution in [-0.2, 0) is 0 Å². The second-order valence-electron chi connectivity index (χ2n) is 6.74. The van der Waals surface area contributed by atoms with Gasteiger partial charge in [0.15, 0.2) is 5.13 Å². The van der Waals surface area contributed by atoms with E-state index in [0.29, 0.717) is 12.1 Å². The number of nitrogens with zero attached hydrogens (tertiary/aromatic N) is 3. The van der Waals surface area contributed by atoms with Gasteiger partial charge in [0.2, 0.25) is 0 Å². The topological polar surface area (TPSA) is 36.4 Å². The Morgan fingerprint density at radius 1 is 1.07 bits per heavy atom. The molecule has 0 fully saturated rings. The zero-order valence-electron chi connectivity index (χ0n) is 15.8. The number of carbonyl (C=O) groups is 1. The lowest BCUT2D eigenvalue weighted by molar-refractivity contribution is 0.0985. The highest BCUT2D eigenvalue weighted by atomic mass is 79.9. The van der Waals surface area contributed by atoms with Crippen LogP contribution in [0.25, 0.3) is 10.2 Å². The molecule has 2 aromatic carbocycles. The maximum absolute atomic E-state index is 13.3. The van der Waals surface area contributed by atoms with Crippen molar-refractivity contribution in [3.05, 3.63) is 57.6 Å². The van der Waals surface area contributed by atoms with E-state index in [1.165, 1.54) is 0 Å². The maximum Gasteiger partial charge on any atom is 0.260 e. The first-order valence-electron chi connectivity index (χ1n) is 8.44. The fraction of sp³-hybridized carbons (Fsp3) is 0.300. The highest BCUT2D eigenvalue weighted by molar-refractivity contribution is 9.10. The van der Waals surface area contributed by atoms with Crippen molar-refractivity contribution in [1.82, 2.24) is 9.88 Å². The lowest BCUT2D eigenvalue weighted by Crippen LogP contribution is -2.36.